The van der Waals surface area contributed by atoms with Gasteiger partial charge in [-0.3, -0.25) is 0 Å². The molecule has 0 spiro atoms. The van der Waals surface area contributed by atoms with Crippen LogP contribution in [0.5, 0.6) is 0 Å². The standard InChI is InChI=1S/C10H6F3NO2/c11-5-1-7(10(13)8(12)2-5)9-3-6(4-15)16-14-9/h1-3,15H,4H2. The highest BCUT2D eigenvalue weighted by Crippen LogP contribution is 2.25. The van der Waals surface area contributed by atoms with Gasteiger partial charge in [0.1, 0.15) is 18.1 Å². The van der Waals surface area contributed by atoms with Gasteiger partial charge in [0.05, 0.1) is 0 Å². The summed E-state index contributed by atoms with van der Waals surface area (Å²) in [7, 11) is 0. The summed E-state index contributed by atoms with van der Waals surface area (Å²) < 4.78 is 43.6. The molecule has 0 saturated carbocycles. The summed E-state index contributed by atoms with van der Waals surface area (Å²) >= 11 is 0. The van der Waals surface area contributed by atoms with E-state index in [-0.39, 0.29) is 17.0 Å². The van der Waals surface area contributed by atoms with Gasteiger partial charge < -0.3 is 9.63 Å². The monoisotopic (exact) mass is 229 g/mol. The molecule has 1 heterocycles. The number of hydrogen-bond acceptors (Lipinski definition) is 3. The van der Waals surface area contributed by atoms with E-state index in [0.29, 0.717) is 6.07 Å². The van der Waals surface area contributed by atoms with E-state index in [9.17, 15) is 13.2 Å². The first-order valence-electron chi connectivity index (χ1n) is 4.33. The van der Waals surface area contributed by atoms with Crippen molar-refractivity contribution in [3.8, 4) is 11.3 Å². The molecule has 0 atom stereocenters. The SMILES string of the molecule is OCc1cc(-c2cc(F)cc(F)c2F)no1. The van der Waals surface area contributed by atoms with Gasteiger partial charge in [-0.2, -0.15) is 0 Å². The Morgan fingerprint density at radius 3 is 2.56 bits per heavy atom. The van der Waals surface area contributed by atoms with E-state index in [4.69, 9.17) is 5.11 Å². The molecule has 0 fully saturated rings. The summed E-state index contributed by atoms with van der Waals surface area (Å²) in [5, 5.41) is 12.1. The summed E-state index contributed by atoms with van der Waals surface area (Å²) in [4.78, 5) is 0. The van der Waals surface area contributed by atoms with E-state index in [1.54, 1.807) is 0 Å². The van der Waals surface area contributed by atoms with E-state index in [1.807, 2.05) is 0 Å². The third kappa shape index (κ3) is 1.79. The van der Waals surface area contributed by atoms with Crippen molar-refractivity contribution in [2.75, 3.05) is 0 Å². The molecule has 2 rings (SSSR count). The minimum atomic E-state index is -1.30. The smallest absolute Gasteiger partial charge is 0.168 e. The van der Waals surface area contributed by atoms with Crippen LogP contribution < -0.4 is 0 Å². The zero-order valence-corrected chi connectivity index (χ0v) is 7.88. The Morgan fingerprint density at radius 1 is 1.19 bits per heavy atom. The van der Waals surface area contributed by atoms with E-state index in [0.717, 1.165) is 6.07 Å². The van der Waals surface area contributed by atoms with Crippen LogP contribution in [0.2, 0.25) is 0 Å². The van der Waals surface area contributed by atoms with Crippen LogP contribution in [0.3, 0.4) is 0 Å². The number of hydrogen-bond donors (Lipinski definition) is 1. The van der Waals surface area contributed by atoms with Crippen LogP contribution in [0.15, 0.2) is 22.7 Å². The quantitative estimate of drug-likeness (QED) is 0.803. The summed E-state index contributed by atoms with van der Waals surface area (Å²) in [6.45, 7) is -0.424. The molecule has 0 bridgehead atoms. The molecule has 0 radical (unpaired) electrons. The van der Waals surface area contributed by atoms with Crippen LogP contribution in [-0.4, -0.2) is 10.3 Å². The molecule has 3 nitrogen and oxygen atoms in total. The molecule has 84 valence electrons. The lowest BCUT2D eigenvalue weighted by Crippen LogP contribution is -1.92. The van der Waals surface area contributed by atoms with Gasteiger partial charge in [0, 0.05) is 17.7 Å². The van der Waals surface area contributed by atoms with E-state index >= 15 is 0 Å². The molecule has 0 unspecified atom stereocenters. The van der Waals surface area contributed by atoms with Crippen LogP contribution in [0, 0.1) is 17.5 Å². The van der Waals surface area contributed by atoms with Crippen molar-refractivity contribution in [2.24, 2.45) is 0 Å². The maximum absolute atomic E-state index is 13.3. The third-order valence-corrected chi connectivity index (χ3v) is 1.98. The predicted molar refractivity (Wildman–Crippen MR) is 47.7 cm³/mol. The van der Waals surface area contributed by atoms with Crippen molar-refractivity contribution in [2.45, 2.75) is 6.61 Å². The Hall–Kier alpha value is -1.82. The molecule has 16 heavy (non-hydrogen) atoms. The fraction of sp³-hybridized carbons (Fsp3) is 0.100. The summed E-state index contributed by atoms with van der Waals surface area (Å²) in [6.07, 6.45) is 0. The summed E-state index contributed by atoms with van der Waals surface area (Å²) in [5.41, 5.74) is -0.416. The fourth-order valence-electron chi connectivity index (χ4n) is 1.26. The van der Waals surface area contributed by atoms with Crippen LogP contribution in [0.25, 0.3) is 11.3 Å². The Kier molecular flexibility index (Phi) is 2.66. The van der Waals surface area contributed by atoms with Gasteiger partial charge in [-0.25, -0.2) is 13.2 Å². The highest BCUT2D eigenvalue weighted by atomic mass is 19.2. The number of aliphatic hydroxyl groups is 1. The second-order valence-electron chi connectivity index (χ2n) is 3.09. The number of halogens is 3. The fourth-order valence-corrected chi connectivity index (χ4v) is 1.26. The van der Waals surface area contributed by atoms with E-state index < -0.39 is 24.1 Å². The average molecular weight is 229 g/mol. The van der Waals surface area contributed by atoms with Crippen molar-refractivity contribution < 1.29 is 22.8 Å². The van der Waals surface area contributed by atoms with Gasteiger partial charge in [0.2, 0.25) is 0 Å². The molecule has 1 aromatic carbocycles. The number of aromatic nitrogens is 1. The Bertz CT molecular complexity index is 525. The molecule has 1 aromatic heterocycles. The average Bonchev–Trinajstić information content (AvgIpc) is 2.71. The maximum atomic E-state index is 13.3. The lowest BCUT2D eigenvalue weighted by molar-refractivity contribution is 0.229. The minimum Gasteiger partial charge on any atom is -0.388 e. The first kappa shape index (κ1) is 10.7. The van der Waals surface area contributed by atoms with Crippen molar-refractivity contribution >= 4 is 0 Å². The van der Waals surface area contributed by atoms with Gasteiger partial charge in [0.15, 0.2) is 17.4 Å². The molecule has 0 amide bonds. The van der Waals surface area contributed by atoms with Crippen LogP contribution in [0.4, 0.5) is 13.2 Å². The van der Waals surface area contributed by atoms with Crippen molar-refractivity contribution in [1.82, 2.24) is 5.16 Å². The van der Waals surface area contributed by atoms with E-state index in [1.165, 1.54) is 6.07 Å². The second-order valence-corrected chi connectivity index (χ2v) is 3.09. The normalized spacial score (nSPS) is 10.8. The van der Waals surface area contributed by atoms with Gasteiger partial charge >= 0.3 is 0 Å². The first-order valence-corrected chi connectivity index (χ1v) is 4.33. The van der Waals surface area contributed by atoms with Crippen LogP contribution in [-0.2, 0) is 6.61 Å². The number of rotatable bonds is 2. The van der Waals surface area contributed by atoms with Gasteiger partial charge in [-0.1, -0.05) is 5.16 Å². The Labute approximate surface area is 88.1 Å². The summed E-state index contributed by atoms with van der Waals surface area (Å²) in [5.74, 6) is -3.34. The van der Waals surface area contributed by atoms with Gasteiger partial charge in [-0.05, 0) is 6.07 Å². The predicted octanol–water partition coefficient (Wildman–Crippen LogP) is 2.25. The third-order valence-electron chi connectivity index (χ3n) is 1.98. The zero-order chi connectivity index (χ0) is 11.7. The number of aliphatic hydroxyl groups excluding tert-OH is 1. The van der Waals surface area contributed by atoms with Crippen molar-refractivity contribution in [3.05, 3.63) is 41.4 Å². The van der Waals surface area contributed by atoms with Crippen molar-refractivity contribution in [3.63, 3.8) is 0 Å². The Balaban J connectivity index is 2.54. The molecule has 1 N–H and O–H groups in total. The largest absolute Gasteiger partial charge is 0.388 e. The van der Waals surface area contributed by atoms with Crippen LogP contribution in [0.1, 0.15) is 5.76 Å². The lowest BCUT2D eigenvalue weighted by atomic mass is 10.1. The molecule has 0 aliphatic carbocycles. The molecular weight excluding hydrogens is 223 g/mol. The maximum Gasteiger partial charge on any atom is 0.168 e. The molecule has 0 aliphatic heterocycles. The summed E-state index contributed by atoms with van der Waals surface area (Å²) in [6, 6.07) is 2.45. The zero-order valence-electron chi connectivity index (χ0n) is 7.88. The molecule has 6 heteroatoms. The van der Waals surface area contributed by atoms with E-state index in [2.05, 4.69) is 9.68 Å². The highest BCUT2D eigenvalue weighted by Gasteiger charge is 2.16. The molecule has 2 aromatic rings. The van der Waals surface area contributed by atoms with Crippen molar-refractivity contribution in [1.29, 1.82) is 0 Å². The topological polar surface area (TPSA) is 46.3 Å². The minimum absolute atomic E-state index is 0.0695. The van der Waals surface area contributed by atoms with Gasteiger partial charge in [0.25, 0.3) is 0 Å². The molecule has 0 aliphatic rings. The Morgan fingerprint density at radius 2 is 1.94 bits per heavy atom. The first-order chi connectivity index (χ1) is 7.61. The molecular formula is C10H6F3NO2. The van der Waals surface area contributed by atoms with Crippen LogP contribution >= 0.6 is 0 Å². The number of benzene rings is 1. The number of nitrogens with zero attached hydrogens (tertiary/aromatic N) is 1. The van der Waals surface area contributed by atoms with Gasteiger partial charge in [-0.15, -0.1) is 0 Å². The lowest BCUT2D eigenvalue weighted by Gasteiger charge is -1.99. The molecule has 0 saturated heterocycles. The highest BCUT2D eigenvalue weighted by molar-refractivity contribution is 5.59. The second kappa shape index (κ2) is 3.97.